The number of amides is 2. The van der Waals surface area contributed by atoms with Crippen molar-refractivity contribution < 1.29 is 85.3 Å². The van der Waals surface area contributed by atoms with Gasteiger partial charge >= 0.3 is 23.5 Å². The summed E-state index contributed by atoms with van der Waals surface area (Å²) in [5.74, 6) is -1.09. The first-order chi connectivity index (χ1) is 26.9. The molecule has 3 heterocycles. The Labute approximate surface area is 335 Å². The predicted octanol–water partition coefficient (Wildman–Crippen LogP) is 0.204. The fraction of sp³-hybridized carbons (Fsp3) is 0.690. The first kappa shape index (κ1) is 49.6. The van der Waals surface area contributed by atoms with Gasteiger partial charge in [0.1, 0.15) is 42.0 Å². The van der Waals surface area contributed by atoms with E-state index < -0.39 is 84.6 Å². The summed E-state index contributed by atoms with van der Waals surface area (Å²) in [5.41, 5.74) is 4.24. The second kappa shape index (κ2) is 21.7. The van der Waals surface area contributed by atoms with E-state index in [1.165, 1.54) is 13.8 Å². The van der Waals surface area contributed by atoms with Gasteiger partial charge in [-0.1, -0.05) is 32.5 Å². The van der Waals surface area contributed by atoms with E-state index >= 15 is 0 Å². The third-order valence-corrected chi connectivity index (χ3v) is 12.2. The summed E-state index contributed by atoms with van der Waals surface area (Å²) in [6.07, 6.45) is -4.68. The number of nitrogens with zero attached hydrogens (tertiary/aromatic N) is 4. The van der Waals surface area contributed by atoms with E-state index in [0.29, 0.717) is 25.0 Å². The number of aromatic nitrogens is 4. The van der Waals surface area contributed by atoms with Gasteiger partial charge in [0.2, 0.25) is 11.8 Å². The number of carbonyl (C=O) groups excluding carboxylic acids is 4. The Hall–Kier alpha value is -2.77. The van der Waals surface area contributed by atoms with Crippen LogP contribution in [0.1, 0.15) is 65.5 Å². The minimum atomic E-state index is -5.58. The molecule has 1 saturated heterocycles. The molecule has 7 atom stereocenters. The van der Waals surface area contributed by atoms with E-state index in [2.05, 4.69) is 34.4 Å². The van der Waals surface area contributed by atoms with Crippen molar-refractivity contribution in [2.24, 2.45) is 5.41 Å². The monoisotopic (exact) mass is 907 g/mol. The van der Waals surface area contributed by atoms with Gasteiger partial charge < -0.3 is 50.9 Å². The van der Waals surface area contributed by atoms with Crippen LogP contribution in [0.4, 0.5) is 5.82 Å². The van der Waals surface area contributed by atoms with Crippen molar-refractivity contribution in [2.75, 3.05) is 37.8 Å². The van der Waals surface area contributed by atoms with Crippen molar-refractivity contribution in [2.45, 2.75) is 89.9 Å². The highest BCUT2D eigenvalue weighted by Gasteiger charge is 2.50. The normalized spacial score (nSPS) is 21.3. The summed E-state index contributed by atoms with van der Waals surface area (Å²) < 4.78 is 62.1. The number of thioether (sulfide) groups is 1. The number of carbonyl (C=O) groups is 4. The molecule has 7 unspecified atom stereocenters. The number of Topliss-reactive ketones (excluding diaryl/α,β-unsaturated/α-hetero) is 1. The van der Waals surface area contributed by atoms with E-state index in [0.717, 1.165) is 35.4 Å². The molecule has 25 nitrogen and oxygen atoms in total. The molecule has 29 heteroatoms. The van der Waals surface area contributed by atoms with Gasteiger partial charge in [0.15, 0.2) is 22.8 Å². The molecule has 0 saturated carbocycles. The van der Waals surface area contributed by atoms with Crippen LogP contribution in [0.25, 0.3) is 11.2 Å². The molecule has 1 aliphatic rings. The highest BCUT2D eigenvalue weighted by Crippen LogP contribution is 2.61. The molecule has 1 aliphatic heterocycles. The number of aliphatic hydroxyl groups excluding tert-OH is 2. The zero-order valence-electron chi connectivity index (χ0n) is 31.5. The number of nitrogens with one attached hydrogen (secondary N) is 2. The molecule has 58 heavy (non-hydrogen) atoms. The number of anilines is 1. The van der Waals surface area contributed by atoms with Gasteiger partial charge in [0.25, 0.3) is 0 Å². The molecule has 1 fully saturated rings. The zero-order chi connectivity index (χ0) is 43.5. The quantitative estimate of drug-likeness (QED) is 0.0475. The molecule has 0 aromatic carbocycles. The van der Waals surface area contributed by atoms with Crippen LogP contribution in [0.5, 0.6) is 0 Å². The number of ketones is 1. The number of phosphoric ester groups is 3. The Morgan fingerprint density at radius 1 is 1.00 bits per heavy atom. The fourth-order valence-corrected chi connectivity index (χ4v) is 8.75. The first-order valence-corrected chi connectivity index (χ1v) is 23.0. The van der Waals surface area contributed by atoms with Crippen LogP contribution >= 0.6 is 35.2 Å². The standard InChI is InChI=1S/C29H48N7O18P3S/c1-4-6-17(37)7-5-8-20(39)58-12-11-31-19(38)9-10-32-27(42)24(41)29(2,3)14-51-57(48,49)54-56(46,47)50-13-18-23(53-55(43,44)45)22(40)28(52-18)36-16-35-21-25(30)33-15-34-26(21)36/h15-16,18,22-24,28,40-41H,4-14H2,1-3H3,(H,31,38)(H,32,42)(H,46,47)(H,48,49)(H2,30,33,34)(H2,43,44,45). The maximum Gasteiger partial charge on any atom is 0.481 e. The lowest BCUT2D eigenvalue weighted by Crippen LogP contribution is -2.46. The number of ether oxygens (including phenoxy) is 1. The number of rotatable bonds is 25. The molecule has 328 valence electrons. The van der Waals surface area contributed by atoms with Crippen molar-refractivity contribution in [3.8, 4) is 0 Å². The van der Waals surface area contributed by atoms with Crippen LogP contribution < -0.4 is 16.4 Å². The topological polar surface area (TPSA) is 381 Å². The van der Waals surface area contributed by atoms with Crippen LogP contribution in [-0.4, -0.2) is 128 Å². The highest BCUT2D eigenvalue weighted by atomic mass is 32.2. The fourth-order valence-electron chi connectivity index (χ4n) is 5.20. The summed E-state index contributed by atoms with van der Waals surface area (Å²) in [6.45, 7) is 2.30. The third kappa shape index (κ3) is 15.7. The van der Waals surface area contributed by atoms with Gasteiger partial charge in [0, 0.05) is 49.9 Å². The van der Waals surface area contributed by atoms with E-state index in [1.54, 1.807) is 0 Å². The number of hydrogen-bond donors (Lipinski definition) is 9. The van der Waals surface area contributed by atoms with Crippen LogP contribution in [-0.2, 0) is 55.5 Å². The minimum Gasteiger partial charge on any atom is -0.386 e. The second-order valence-corrected chi connectivity index (χ2v) is 18.8. The Balaban J connectivity index is 1.44. The molecule has 10 N–H and O–H groups in total. The number of aliphatic hydroxyl groups is 2. The summed E-state index contributed by atoms with van der Waals surface area (Å²) >= 11 is 1.02. The number of nitrogen functional groups attached to an aromatic ring is 1. The van der Waals surface area contributed by atoms with Crippen molar-refractivity contribution in [1.29, 1.82) is 0 Å². The highest BCUT2D eigenvalue weighted by molar-refractivity contribution is 8.13. The van der Waals surface area contributed by atoms with Crippen LogP contribution in [0, 0.1) is 5.41 Å². The molecule has 2 amide bonds. The summed E-state index contributed by atoms with van der Waals surface area (Å²) in [6, 6.07) is 0. The SMILES string of the molecule is CCCC(=O)CCCC(=O)SCCNC(=O)CCNC(=O)C(O)C(C)(C)COP(=O)(O)OP(=O)(O)OCC1OC(n2cnc3c(N)ncnc32)C(O)C1OP(=O)(O)O. The molecular weight excluding hydrogens is 859 g/mol. The number of nitrogens with two attached hydrogens (primary N) is 1. The Kier molecular flexibility index (Phi) is 18.5. The van der Waals surface area contributed by atoms with Crippen LogP contribution in [0.3, 0.4) is 0 Å². The first-order valence-electron chi connectivity index (χ1n) is 17.5. The van der Waals surface area contributed by atoms with Gasteiger partial charge in [-0.15, -0.1) is 0 Å². The Bertz CT molecular complexity index is 1900. The lowest BCUT2D eigenvalue weighted by atomic mass is 9.87. The van der Waals surface area contributed by atoms with Gasteiger partial charge in [-0.3, -0.25) is 37.3 Å². The predicted molar refractivity (Wildman–Crippen MR) is 201 cm³/mol. The lowest BCUT2D eigenvalue weighted by molar-refractivity contribution is -0.137. The Morgan fingerprint density at radius 2 is 1.69 bits per heavy atom. The molecule has 0 radical (unpaired) electrons. The number of phosphoric acid groups is 3. The van der Waals surface area contributed by atoms with E-state index in [9.17, 15) is 62.7 Å². The van der Waals surface area contributed by atoms with Gasteiger partial charge in [0.05, 0.1) is 19.5 Å². The number of imidazole rings is 1. The minimum absolute atomic E-state index is 0.0260. The maximum atomic E-state index is 12.7. The number of fused-ring (bicyclic) bond motifs is 1. The van der Waals surface area contributed by atoms with Crippen molar-refractivity contribution in [1.82, 2.24) is 30.2 Å². The lowest BCUT2D eigenvalue weighted by Gasteiger charge is -2.30. The third-order valence-electron chi connectivity index (χ3n) is 8.13. The van der Waals surface area contributed by atoms with E-state index in [-0.39, 0.29) is 53.8 Å². The maximum absolute atomic E-state index is 12.7. The van der Waals surface area contributed by atoms with Gasteiger partial charge in [-0.05, 0) is 12.8 Å². The van der Waals surface area contributed by atoms with Crippen LogP contribution in [0.2, 0.25) is 0 Å². The van der Waals surface area contributed by atoms with E-state index in [4.69, 9.17) is 19.5 Å². The zero-order valence-corrected chi connectivity index (χ0v) is 35.0. The average molecular weight is 908 g/mol. The largest absolute Gasteiger partial charge is 0.481 e. The summed E-state index contributed by atoms with van der Waals surface area (Å²) in [7, 11) is -16.4. The second-order valence-electron chi connectivity index (χ2n) is 13.4. The molecular formula is C29H48N7O18P3S. The molecule has 2 aromatic heterocycles. The van der Waals surface area contributed by atoms with Crippen LogP contribution in [0.15, 0.2) is 12.7 Å². The van der Waals surface area contributed by atoms with Crippen molar-refractivity contribution >= 4 is 74.9 Å². The molecule has 0 bridgehead atoms. The van der Waals surface area contributed by atoms with Gasteiger partial charge in [-0.2, -0.15) is 4.31 Å². The molecule has 2 aromatic rings. The smallest absolute Gasteiger partial charge is 0.386 e. The molecule has 0 aliphatic carbocycles. The summed E-state index contributed by atoms with van der Waals surface area (Å²) in [4.78, 5) is 99.1. The molecule has 0 spiro atoms. The Morgan fingerprint density at radius 3 is 2.36 bits per heavy atom. The van der Waals surface area contributed by atoms with Crippen molar-refractivity contribution in [3.63, 3.8) is 0 Å². The number of hydrogen-bond acceptors (Lipinski definition) is 19. The molecule has 3 rings (SSSR count). The summed E-state index contributed by atoms with van der Waals surface area (Å²) in [5, 5.41) is 26.2. The van der Waals surface area contributed by atoms with E-state index in [1.807, 2.05) is 6.92 Å². The average Bonchev–Trinajstić information content (AvgIpc) is 3.68. The van der Waals surface area contributed by atoms with Crippen molar-refractivity contribution in [3.05, 3.63) is 12.7 Å². The van der Waals surface area contributed by atoms with Gasteiger partial charge in [-0.25, -0.2) is 28.6 Å².